The molecule has 0 spiro atoms. The molecule has 0 aliphatic carbocycles. The largest absolute Gasteiger partial charge is 0.324 e. The average molecular weight is 295 g/mol. The van der Waals surface area contributed by atoms with Gasteiger partial charge in [-0.1, -0.05) is 12.1 Å². The quantitative estimate of drug-likeness (QED) is 0.944. The van der Waals surface area contributed by atoms with Crippen LogP contribution in [-0.2, 0) is 6.42 Å². The second-order valence-corrected chi connectivity index (χ2v) is 4.70. The molecule has 0 amide bonds. The Kier molecular flexibility index (Phi) is 3.86. The fraction of sp³-hybridized carbons (Fsp3) is 0.154. The minimum Gasteiger partial charge on any atom is -0.324 e. The Labute approximate surface area is 108 Å². The van der Waals surface area contributed by atoms with Crippen LogP contribution < -0.4 is 5.73 Å². The molecule has 0 fully saturated rings. The number of hydrogen-bond acceptors (Lipinski definition) is 2. The minimum absolute atomic E-state index is 0.124. The Morgan fingerprint density at radius 1 is 1.35 bits per heavy atom. The maximum Gasteiger partial charge on any atom is 0.137 e. The van der Waals surface area contributed by atoms with Crippen molar-refractivity contribution >= 4 is 15.9 Å². The summed E-state index contributed by atoms with van der Waals surface area (Å²) in [4.78, 5) is 4.03. The Hall–Kier alpha value is -1.26. The standard InChI is InChI=1S/C13H12BrFN2/c14-11-6-9(3-4-12(11)15)7-13(16)10-2-1-5-17-8-10/h1-6,8,13H,7,16H2. The number of rotatable bonds is 3. The van der Waals surface area contributed by atoms with Gasteiger partial charge in [0.05, 0.1) is 4.47 Å². The Balaban J connectivity index is 2.13. The zero-order valence-electron chi connectivity index (χ0n) is 9.11. The van der Waals surface area contributed by atoms with E-state index in [-0.39, 0.29) is 11.9 Å². The molecule has 0 bridgehead atoms. The molecule has 0 saturated carbocycles. The number of pyridine rings is 1. The third kappa shape index (κ3) is 3.11. The van der Waals surface area contributed by atoms with Crippen LogP contribution >= 0.6 is 15.9 Å². The van der Waals surface area contributed by atoms with Gasteiger partial charge in [0.15, 0.2) is 0 Å². The molecule has 0 saturated heterocycles. The minimum atomic E-state index is -0.260. The lowest BCUT2D eigenvalue weighted by molar-refractivity contribution is 0.618. The van der Waals surface area contributed by atoms with Crippen LogP contribution in [0, 0.1) is 5.82 Å². The summed E-state index contributed by atoms with van der Waals surface area (Å²) in [5.41, 5.74) is 8.04. The SMILES string of the molecule is NC(Cc1ccc(F)c(Br)c1)c1cccnc1. The van der Waals surface area contributed by atoms with Crippen molar-refractivity contribution in [2.75, 3.05) is 0 Å². The second kappa shape index (κ2) is 5.38. The highest BCUT2D eigenvalue weighted by molar-refractivity contribution is 9.10. The van der Waals surface area contributed by atoms with Gasteiger partial charge >= 0.3 is 0 Å². The van der Waals surface area contributed by atoms with Crippen molar-refractivity contribution in [3.05, 3.63) is 64.1 Å². The van der Waals surface area contributed by atoms with E-state index < -0.39 is 0 Å². The lowest BCUT2D eigenvalue weighted by Gasteiger charge is -2.11. The van der Waals surface area contributed by atoms with Gasteiger partial charge in [-0.2, -0.15) is 0 Å². The summed E-state index contributed by atoms with van der Waals surface area (Å²) in [6.45, 7) is 0. The van der Waals surface area contributed by atoms with E-state index in [1.165, 1.54) is 6.07 Å². The van der Waals surface area contributed by atoms with Crippen molar-refractivity contribution in [2.45, 2.75) is 12.5 Å². The molecule has 2 aromatic rings. The first-order chi connectivity index (χ1) is 8.16. The monoisotopic (exact) mass is 294 g/mol. The van der Waals surface area contributed by atoms with Crippen LogP contribution in [-0.4, -0.2) is 4.98 Å². The first kappa shape index (κ1) is 12.2. The molecule has 1 heterocycles. The van der Waals surface area contributed by atoms with E-state index in [1.807, 2.05) is 12.1 Å². The summed E-state index contributed by atoms with van der Waals surface area (Å²) in [5, 5.41) is 0. The van der Waals surface area contributed by atoms with E-state index in [1.54, 1.807) is 24.5 Å². The number of halogens is 2. The molecule has 17 heavy (non-hydrogen) atoms. The van der Waals surface area contributed by atoms with E-state index in [0.29, 0.717) is 10.9 Å². The summed E-state index contributed by atoms with van der Waals surface area (Å²) in [5.74, 6) is -0.260. The van der Waals surface area contributed by atoms with Gasteiger partial charge in [0.2, 0.25) is 0 Å². The van der Waals surface area contributed by atoms with Gasteiger partial charge < -0.3 is 5.73 Å². The smallest absolute Gasteiger partial charge is 0.137 e. The zero-order valence-corrected chi connectivity index (χ0v) is 10.7. The van der Waals surface area contributed by atoms with Crippen LogP contribution in [0.15, 0.2) is 47.2 Å². The van der Waals surface area contributed by atoms with Gasteiger partial charge in [0.1, 0.15) is 5.82 Å². The zero-order chi connectivity index (χ0) is 12.3. The summed E-state index contributed by atoms with van der Waals surface area (Å²) in [7, 11) is 0. The average Bonchev–Trinajstić information content (AvgIpc) is 2.35. The topological polar surface area (TPSA) is 38.9 Å². The van der Waals surface area contributed by atoms with Gasteiger partial charge in [-0.3, -0.25) is 4.98 Å². The Morgan fingerprint density at radius 2 is 2.18 bits per heavy atom. The lowest BCUT2D eigenvalue weighted by atomic mass is 10.0. The number of nitrogens with two attached hydrogens (primary N) is 1. The molecular weight excluding hydrogens is 283 g/mol. The molecule has 0 radical (unpaired) electrons. The maximum atomic E-state index is 13.1. The molecule has 1 atom stereocenters. The van der Waals surface area contributed by atoms with E-state index >= 15 is 0 Å². The molecular formula is C13H12BrFN2. The van der Waals surface area contributed by atoms with Gasteiger partial charge in [-0.25, -0.2) is 4.39 Å². The van der Waals surface area contributed by atoms with Crippen LogP contribution in [0.4, 0.5) is 4.39 Å². The molecule has 0 aliphatic heterocycles. The number of nitrogens with zero attached hydrogens (tertiary/aromatic N) is 1. The van der Waals surface area contributed by atoms with Crippen molar-refractivity contribution in [1.82, 2.24) is 4.98 Å². The van der Waals surface area contributed by atoms with Crippen LogP contribution in [0.5, 0.6) is 0 Å². The van der Waals surface area contributed by atoms with Gasteiger partial charge in [0.25, 0.3) is 0 Å². The van der Waals surface area contributed by atoms with Crippen molar-refractivity contribution in [1.29, 1.82) is 0 Å². The van der Waals surface area contributed by atoms with Gasteiger partial charge in [-0.15, -0.1) is 0 Å². The highest BCUT2D eigenvalue weighted by Gasteiger charge is 2.08. The molecule has 2 rings (SSSR count). The normalized spacial score (nSPS) is 12.4. The lowest BCUT2D eigenvalue weighted by Crippen LogP contribution is -2.13. The first-order valence-electron chi connectivity index (χ1n) is 5.26. The molecule has 2 nitrogen and oxygen atoms in total. The van der Waals surface area contributed by atoms with E-state index in [9.17, 15) is 4.39 Å². The summed E-state index contributed by atoms with van der Waals surface area (Å²) >= 11 is 3.16. The molecule has 88 valence electrons. The highest BCUT2D eigenvalue weighted by Crippen LogP contribution is 2.20. The predicted molar refractivity (Wildman–Crippen MR) is 69.0 cm³/mol. The first-order valence-corrected chi connectivity index (χ1v) is 6.05. The maximum absolute atomic E-state index is 13.1. The second-order valence-electron chi connectivity index (χ2n) is 3.85. The van der Waals surface area contributed by atoms with Crippen LogP contribution in [0.25, 0.3) is 0 Å². The summed E-state index contributed by atoms with van der Waals surface area (Å²) in [6.07, 6.45) is 4.12. The molecule has 1 unspecified atom stereocenters. The van der Waals surface area contributed by atoms with E-state index in [0.717, 1.165) is 11.1 Å². The number of benzene rings is 1. The highest BCUT2D eigenvalue weighted by atomic mass is 79.9. The molecule has 2 N–H and O–H groups in total. The summed E-state index contributed by atoms with van der Waals surface area (Å²) < 4.78 is 13.5. The van der Waals surface area contributed by atoms with Crippen LogP contribution in [0.3, 0.4) is 0 Å². The fourth-order valence-electron chi connectivity index (χ4n) is 1.63. The van der Waals surface area contributed by atoms with Crippen molar-refractivity contribution < 1.29 is 4.39 Å². The molecule has 0 aliphatic rings. The Morgan fingerprint density at radius 3 is 2.82 bits per heavy atom. The third-order valence-electron chi connectivity index (χ3n) is 2.55. The predicted octanol–water partition coefficient (Wildman–Crippen LogP) is 3.23. The van der Waals surface area contributed by atoms with Gasteiger partial charge in [0, 0.05) is 18.4 Å². The Bertz CT molecular complexity index is 502. The fourth-order valence-corrected chi connectivity index (χ4v) is 2.06. The number of hydrogen-bond donors (Lipinski definition) is 1. The molecule has 4 heteroatoms. The van der Waals surface area contributed by atoms with Crippen molar-refractivity contribution in [2.24, 2.45) is 5.73 Å². The number of aromatic nitrogens is 1. The van der Waals surface area contributed by atoms with Crippen LogP contribution in [0.2, 0.25) is 0 Å². The van der Waals surface area contributed by atoms with E-state index in [2.05, 4.69) is 20.9 Å². The van der Waals surface area contributed by atoms with Crippen molar-refractivity contribution in [3.63, 3.8) is 0 Å². The third-order valence-corrected chi connectivity index (χ3v) is 3.16. The molecule has 1 aromatic carbocycles. The van der Waals surface area contributed by atoms with Crippen molar-refractivity contribution in [3.8, 4) is 0 Å². The van der Waals surface area contributed by atoms with Crippen LogP contribution in [0.1, 0.15) is 17.2 Å². The summed E-state index contributed by atoms with van der Waals surface area (Å²) in [6, 6.07) is 8.62. The van der Waals surface area contributed by atoms with Gasteiger partial charge in [-0.05, 0) is 51.7 Å². The van der Waals surface area contributed by atoms with E-state index in [4.69, 9.17) is 5.73 Å². The molecule has 1 aromatic heterocycles.